The summed E-state index contributed by atoms with van der Waals surface area (Å²) in [4.78, 5) is 15.5. The van der Waals surface area contributed by atoms with Gasteiger partial charge in [0.05, 0.1) is 5.56 Å². The number of hydrogen-bond acceptors (Lipinski definition) is 1. The van der Waals surface area contributed by atoms with Crippen LogP contribution in [0.3, 0.4) is 0 Å². The summed E-state index contributed by atoms with van der Waals surface area (Å²) in [7, 11) is 3.46. The van der Waals surface area contributed by atoms with Gasteiger partial charge < -0.3 is 9.88 Å². The standard InChI is InChI=1S/C7H10N2O/c1-9(2)7(10)6-3-4-8-5-6/h3-5,8H,1-2H3. The van der Waals surface area contributed by atoms with Crippen molar-refractivity contribution in [2.75, 3.05) is 14.1 Å². The number of carbonyl (C=O) groups is 1. The molecule has 0 aromatic carbocycles. The van der Waals surface area contributed by atoms with E-state index in [1.54, 1.807) is 37.5 Å². The molecule has 0 spiro atoms. The van der Waals surface area contributed by atoms with Gasteiger partial charge in [-0.05, 0) is 6.07 Å². The van der Waals surface area contributed by atoms with E-state index in [4.69, 9.17) is 0 Å². The third-order valence-electron chi connectivity index (χ3n) is 1.25. The molecule has 0 fully saturated rings. The SMILES string of the molecule is CN(C)C(=O)c1cc[nH]c1. The van der Waals surface area contributed by atoms with E-state index < -0.39 is 0 Å². The third kappa shape index (κ3) is 1.18. The molecule has 0 radical (unpaired) electrons. The summed E-state index contributed by atoms with van der Waals surface area (Å²) in [5.41, 5.74) is 0.699. The fourth-order valence-corrected chi connectivity index (χ4v) is 0.715. The number of H-pyrrole nitrogens is 1. The lowest BCUT2D eigenvalue weighted by atomic mass is 10.3. The predicted octanol–water partition coefficient (Wildman–Crippen LogP) is 0.717. The summed E-state index contributed by atoms with van der Waals surface area (Å²) in [5, 5.41) is 0. The van der Waals surface area contributed by atoms with Crippen molar-refractivity contribution >= 4 is 5.91 Å². The zero-order valence-corrected chi connectivity index (χ0v) is 6.09. The van der Waals surface area contributed by atoms with E-state index in [9.17, 15) is 4.79 Å². The molecule has 0 saturated heterocycles. The Morgan fingerprint density at radius 1 is 1.60 bits per heavy atom. The lowest BCUT2D eigenvalue weighted by molar-refractivity contribution is 0.0828. The highest BCUT2D eigenvalue weighted by Crippen LogP contribution is 1.98. The Morgan fingerprint density at radius 3 is 2.70 bits per heavy atom. The molecule has 10 heavy (non-hydrogen) atoms. The molecule has 1 aromatic rings. The second kappa shape index (κ2) is 2.56. The van der Waals surface area contributed by atoms with Crippen molar-refractivity contribution in [3.05, 3.63) is 24.0 Å². The lowest BCUT2D eigenvalue weighted by Crippen LogP contribution is -2.20. The zero-order valence-electron chi connectivity index (χ0n) is 6.09. The minimum Gasteiger partial charge on any atom is -0.367 e. The van der Waals surface area contributed by atoms with Crippen LogP contribution in [0.15, 0.2) is 18.5 Å². The van der Waals surface area contributed by atoms with Crippen molar-refractivity contribution in [1.82, 2.24) is 9.88 Å². The van der Waals surface area contributed by atoms with Gasteiger partial charge in [0.2, 0.25) is 0 Å². The van der Waals surface area contributed by atoms with Gasteiger partial charge in [0.25, 0.3) is 5.91 Å². The van der Waals surface area contributed by atoms with Crippen LogP contribution in [0.2, 0.25) is 0 Å². The summed E-state index contributed by atoms with van der Waals surface area (Å²) >= 11 is 0. The molecule has 3 heteroatoms. The molecule has 1 rings (SSSR count). The van der Waals surface area contributed by atoms with E-state index in [1.165, 1.54) is 0 Å². The number of nitrogens with zero attached hydrogens (tertiary/aromatic N) is 1. The molecule has 0 atom stereocenters. The van der Waals surface area contributed by atoms with Gasteiger partial charge >= 0.3 is 0 Å². The summed E-state index contributed by atoms with van der Waals surface area (Å²) in [6, 6.07) is 1.75. The summed E-state index contributed by atoms with van der Waals surface area (Å²) in [5.74, 6) is 0.0289. The van der Waals surface area contributed by atoms with Crippen LogP contribution in [0.4, 0.5) is 0 Å². The molecule has 0 aliphatic heterocycles. The fourth-order valence-electron chi connectivity index (χ4n) is 0.715. The van der Waals surface area contributed by atoms with Gasteiger partial charge in [-0.3, -0.25) is 4.79 Å². The number of amides is 1. The van der Waals surface area contributed by atoms with Crippen LogP contribution < -0.4 is 0 Å². The molecular weight excluding hydrogens is 128 g/mol. The minimum absolute atomic E-state index is 0.0289. The Hall–Kier alpha value is -1.25. The molecule has 0 unspecified atom stereocenters. The van der Waals surface area contributed by atoms with Gasteiger partial charge in [0.1, 0.15) is 0 Å². The molecule has 1 heterocycles. The highest BCUT2D eigenvalue weighted by molar-refractivity contribution is 5.93. The second-order valence-corrected chi connectivity index (χ2v) is 2.30. The number of aromatic nitrogens is 1. The molecule has 0 saturated carbocycles. The first-order chi connectivity index (χ1) is 4.72. The Balaban J connectivity index is 2.78. The molecule has 0 bridgehead atoms. The summed E-state index contributed by atoms with van der Waals surface area (Å²) < 4.78 is 0. The van der Waals surface area contributed by atoms with Gasteiger partial charge in [-0.1, -0.05) is 0 Å². The maximum Gasteiger partial charge on any atom is 0.254 e. The second-order valence-electron chi connectivity index (χ2n) is 2.30. The monoisotopic (exact) mass is 138 g/mol. The first-order valence-electron chi connectivity index (χ1n) is 3.06. The first kappa shape index (κ1) is 6.86. The van der Waals surface area contributed by atoms with Crippen LogP contribution in [0, 0.1) is 0 Å². The quantitative estimate of drug-likeness (QED) is 0.609. The normalized spacial score (nSPS) is 9.40. The number of rotatable bonds is 1. The number of carbonyl (C=O) groups excluding carboxylic acids is 1. The van der Waals surface area contributed by atoms with Gasteiger partial charge in [-0.15, -0.1) is 0 Å². The van der Waals surface area contributed by atoms with Crippen molar-refractivity contribution < 1.29 is 4.79 Å². The average Bonchev–Trinajstić information content (AvgIpc) is 2.36. The molecular formula is C7H10N2O. The molecule has 0 aliphatic rings. The van der Waals surface area contributed by atoms with Gasteiger partial charge in [-0.2, -0.15) is 0 Å². The van der Waals surface area contributed by atoms with E-state index in [1.807, 2.05) is 0 Å². The van der Waals surface area contributed by atoms with Gasteiger partial charge in [0.15, 0.2) is 0 Å². The van der Waals surface area contributed by atoms with Crippen LogP contribution in [0.25, 0.3) is 0 Å². The Bertz CT molecular complexity index is 214. The predicted molar refractivity (Wildman–Crippen MR) is 38.8 cm³/mol. The van der Waals surface area contributed by atoms with Crippen molar-refractivity contribution in [3.63, 3.8) is 0 Å². The van der Waals surface area contributed by atoms with Crippen molar-refractivity contribution in [2.45, 2.75) is 0 Å². The Labute approximate surface area is 59.7 Å². The van der Waals surface area contributed by atoms with E-state index in [-0.39, 0.29) is 5.91 Å². The number of aromatic amines is 1. The average molecular weight is 138 g/mol. The molecule has 1 amide bonds. The van der Waals surface area contributed by atoms with Gasteiger partial charge in [-0.25, -0.2) is 0 Å². The van der Waals surface area contributed by atoms with Crippen molar-refractivity contribution in [3.8, 4) is 0 Å². The third-order valence-corrected chi connectivity index (χ3v) is 1.25. The number of hydrogen-bond donors (Lipinski definition) is 1. The summed E-state index contributed by atoms with van der Waals surface area (Å²) in [6.07, 6.45) is 3.42. The van der Waals surface area contributed by atoms with Crippen LogP contribution in [0.5, 0.6) is 0 Å². The zero-order chi connectivity index (χ0) is 7.56. The van der Waals surface area contributed by atoms with Gasteiger partial charge in [0, 0.05) is 26.5 Å². The highest BCUT2D eigenvalue weighted by Gasteiger charge is 2.05. The van der Waals surface area contributed by atoms with Crippen molar-refractivity contribution in [1.29, 1.82) is 0 Å². The largest absolute Gasteiger partial charge is 0.367 e. The summed E-state index contributed by atoms with van der Waals surface area (Å²) in [6.45, 7) is 0. The van der Waals surface area contributed by atoms with E-state index in [0.717, 1.165) is 0 Å². The lowest BCUT2D eigenvalue weighted by Gasteiger charge is -2.06. The molecule has 54 valence electrons. The highest BCUT2D eigenvalue weighted by atomic mass is 16.2. The molecule has 1 aromatic heterocycles. The minimum atomic E-state index is 0.0289. The maximum atomic E-state index is 11.1. The Morgan fingerprint density at radius 2 is 2.30 bits per heavy atom. The molecule has 3 nitrogen and oxygen atoms in total. The van der Waals surface area contributed by atoms with Crippen LogP contribution in [0.1, 0.15) is 10.4 Å². The fraction of sp³-hybridized carbons (Fsp3) is 0.286. The van der Waals surface area contributed by atoms with E-state index in [2.05, 4.69) is 4.98 Å². The first-order valence-corrected chi connectivity index (χ1v) is 3.06. The van der Waals surface area contributed by atoms with Crippen LogP contribution in [-0.4, -0.2) is 29.9 Å². The van der Waals surface area contributed by atoms with Crippen LogP contribution in [-0.2, 0) is 0 Å². The number of nitrogens with one attached hydrogen (secondary N) is 1. The maximum absolute atomic E-state index is 11.1. The van der Waals surface area contributed by atoms with Crippen molar-refractivity contribution in [2.24, 2.45) is 0 Å². The molecule has 0 aliphatic carbocycles. The van der Waals surface area contributed by atoms with E-state index in [0.29, 0.717) is 5.56 Å². The van der Waals surface area contributed by atoms with E-state index >= 15 is 0 Å². The smallest absolute Gasteiger partial charge is 0.254 e. The molecule has 1 N–H and O–H groups in total. The Kier molecular flexibility index (Phi) is 1.76. The topological polar surface area (TPSA) is 36.1 Å². The van der Waals surface area contributed by atoms with Crippen LogP contribution >= 0.6 is 0 Å².